The Morgan fingerprint density at radius 3 is 2.52 bits per heavy atom. The number of halogens is 1. The summed E-state index contributed by atoms with van der Waals surface area (Å²) in [5.74, 6) is 0.729. The van der Waals surface area contributed by atoms with Gasteiger partial charge in [0, 0.05) is 22.6 Å². The standard InChI is InChI=1S/C20H19ClN4O2/c1-3-27-19(26)14-5-8-15(9-6-14)23-18-10-11-22-20(25-18)24-16-7-4-13(2)17(21)12-16/h4-12H,3H2,1-2H3,(H2,22,23,24,25). The van der Waals surface area contributed by atoms with Crippen molar-refractivity contribution in [1.29, 1.82) is 0 Å². The number of anilines is 4. The van der Waals surface area contributed by atoms with Gasteiger partial charge in [-0.15, -0.1) is 0 Å². The molecule has 0 radical (unpaired) electrons. The second kappa shape index (κ2) is 8.51. The lowest BCUT2D eigenvalue weighted by Gasteiger charge is -2.10. The molecule has 7 heteroatoms. The normalized spacial score (nSPS) is 10.3. The molecule has 2 N–H and O–H groups in total. The first-order valence-corrected chi connectivity index (χ1v) is 8.83. The van der Waals surface area contributed by atoms with Crippen molar-refractivity contribution in [2.24, 2.45) is 0 Å². The maximum atomic E-state index is 11.7. The van der Waals surface area contributed by atoms with Crippen molar-refractivity contribution in [2.45, 2.75) is 13.8 Å². The van der Waals surface area contributed by atoms with Gasteiger partial charge in [0.2, 0.25) is 5.95 Å². The van der Waals surface area contributed by atoms with E-state index in [0.29, 0.717) is 29.0 Å². The van der Waals surface area contributed by atoms with Crippen molar-refractivity contribution >= 4 is 40.7 Å². The Morgan fingerprint density at radius 2 is 1.81 bits per heavy atom. The highest BCUT2D eigenvalue weighted by molar-refractivity contribution is 6.31. The number of carbonyl (C=O) groups is 1. The summed E-state index contributed by atoms with van der Waals surface area (Å²) in [6.45, 7) is 4.07. The Morgan fingerprint density at radius 1 is 1.07 bits per heavy atom. The van der Waals surface area contributed by atoms with Crippen molar-refractivity contribution in [3.8, 4) is 0 Å². The van der Waals surface area contributed by atoms with Gasteiger partial charge in [-0.2, -0.15) is 4.98 Å². The van der Waals surface area contributed by atoms with Gasteiger partial charge in [0.1, 0.15) is 5.82 Å². The summed E-state index contributed by atoms with van der Waals surface area (Å²) >= 11 is 6.15. The van der Waals surface area contributed by atoms with Crippen LogP contribution >= 0.6 is 11.6 Å². The highest BCUT2D eigenvalue weighted by Gasteiger charge is 2.06. The minimum Gasteiger partial charge on any atom is -0.462 e. The molecule has 1 aromatic heterocycles. The van der Waals surface area contributed by atoms with E-state index in [-0.39, 0.29) is 5.97 Å². The van der Waals surface area contributed by atoms with Gasteiger partial charge in [-0.25, -0.2) is 9.78 Å². The molecule has 27 heavy (non-hydrogen) atoms. The van der Waals surface area contributed by atoms with Crippen LogP contribution in [0, 0.1) is 6.92 Å². The molecule has 0 aliphatic heterocycles. The number of aryl methyl sites for hydroxylation is 1. The van der Waals surface area contributed by atoms with Crippen molar-refractivity contribution in [3.63, 3.8) is 0 Å². The van der Waals surface area contributed by atoms with E-state index in [2.05, 4.69) is 20.6 Å². The maximum absolute atomic E-state index is 11.7. The average molecular weight is 383 g/mol. The predicted octanol–water partition coefficient (Wildman–Crippen LogP) is 5.10. The van der Waals surface area contributed by atoms with E-state index in [9.17, 15) is 4.79 Å². The fraction of sp³-hybridized carbons (Fsp3) is 0.150. The van der Waals surface area contributed by atoms with Gasteiger partial charge < -0.3 is 15.4 Å². The molecule has 0 saturated heterocycles. The Bertz CT molecular complexity index is 945. The lowest BCUT2D eigenvalue weighted by molar-refractivity contribution is 0.0526. The lowest BCUT2D eigenvalue weighted by Crippen LogP contribution is -2.04. The third kappa shape index (κ3) is 4.95. The van der Waals surface area contributed by atoms with Gasteiger partial charge >= 0.3 is 5.97 Å². The number of hydrogen-bond acceptors (Lipinski definition) is 6. The van der Waals surface area contributed by atoms with Crippen molar-refractivity contribution in [3.05, 3.63) is 70.9 Å². The summed E-state index contributed by atoms with van der Waals surface area (Å²) < 4.78 is 4.98. The number of esters is 1. The molecule has 0 atom stereocenters. The molecule has 2 aromatic carbocycles. The zero-order chi connectivity index (χ0) is 19.2. The van der Waals surface area contributed by atoms with Crippen LogP contribution in [0.5, 0.6) is 0 Å². The Labute approximate surface area is 162 Å². The molecular formula is C20H19ClN4O2. The molecule has 138 valence electrons. The number of nitrogens with zero attached hydrogens (tertiary/aromatic N) is 2. The Kier molecular flexibility index (Phi) is 5.88. The quantitative estimate of drug-likeness (QED) is 0.577. The molecule has 0 amide bonds. The molecule has 3 aromatic rings. The Hall–Kier alpha value is -3.12. The minimum atomic E-state index is -0.339. The van der Waals surface area contributed by atoms with E-state index in [1.807, 2.05) is 25.1 Å². The molecule has 3 rings (SSSR count). The molecule has 1 heterocycles. The van der Waals surface area contributed by atoms with Crippen LogP contribution in [0.3, 0.4) is 0 Å². The number of hydrogen-bond donors (Lipinski definition) is 2. The van der Waals surface area contributed by atoms with Gasteiger partial charge in [-0.1, -0.05) is 17.7 Å². The van der Waals surface area contributed by atoms with Gasteiger partial charge in [-0.3, -0.25) is 0 Å². The average Bonchev–Trinajstić information content (AvgIpc) is 2.66. The van der Waals surface area contributed by atoms with Crippen molar-refractivity contribution < 1.29 is 9.53 Å². The predicted molar refractivity (Wildman–Crippen MR) is 107 cm³/mol. The van der Waals surface area contributed by atoms with Crippen LogP contribution in [0.1, 0.15) is 22.8 Å². The highest BCUT2D eigenvalue weighted by Crippen LogP contribution is 2.23. The van der Waals surface area contributed by atoms with Crippen LogP contribution in [0.2, 0.25) is 5.02 Å². The molecule has 0 aliphatic rings. The molecule has 0 spiro atoms. The summed E-state index contributed by atoms with van der Waals surface area (Å²) in [6, 6.07) is 14.4. The zero-order valence-electron chi connectivity index (χ0n) is 15.0. The smallest absolute Gasteiger partial charge is 0.338 e. The van der Waals surface area contributed by atoms with Gasteiger partial charge in [0.15, 0.2) is 0 Å². The first kappa shape index (κ1) is 18.7. The largest absolute Gasteiger partial charge is 0.462 e. The third-order valence-electron chi connectivity index (χ3n) is 3.75. The summed E-state index contributed by atoms with van der Waals surface area (Å²) in [5, 5.41) is 6.98. The first-order chi connectivity index (χ1) is 13.0. The second-order valence-corrected chi connectivity index (χ2v) is 6.18. The van der Waals surface area contributed by atoms with E-state index in [1.54, 1.807) is 43.5 Å². The number of aromatic nitrogens is 2. The van der Waals surface area contributed by atoms with E-state index in [1.165, 1.54) is 0 Å². The minimum absolute atomic E-state index is 0.339. The third-order valence-corrected chi connectivity index (χ3v) is 4.16. The van der Waals surface area contributed by atoms with Crippen LogP contribution in [-0.4, -0.2) is 22.5 Å². The lowest BCUT2D eigenvalue weighted by atomic mass is 10.2. The molecule has 0 bridgehead atoms. The van der Waals surface area contributed by atoms with Gasteiger partial charge in [0.05, 0.1) is 12.2 Å². The number of carbonyl (C=O) groups excluding carboxylic acids is 1. The summed E-state index contributed by atoms with van der Waals surface area (Å²) in [7, 11) is 0. The summed E-state index contributed by atoms with van der Waals surface area (Å²) in [5.41, 5.74) is 3.11. The van der Waals surface area contributed by atoms with Crippen LogP contribution in [0.25, 0.3) is 0 Å². The molecule has 6 nitrogen and oxygen atoms in total. The Balaban J connectivity index is 1.70. The van der Waals surface area contributed by atoms with Crippen LogP contribution < -0.4 is 10.6 Å². The number of rotatable bonds is 6. The van der Waals surface area contributed by atoms with Crippen LogP contribution in [0.4, 0.5) is 23.1 Å². The van der Waals surface area contributed by atoms with E-state index < -0.39 is 0 Å². The molecule has 0 aliphatic carbocycles. The number of ether oxygens (including phenoxy) is 1. The second-order valence-electron chi connectivity index (χ2n) is 5.78. The number of nitrogens with one attached hydrogen (secondary N) is 2. The van der Waals surface area contributed by atoms with E-state index >= 15 is 0 Å². The fourth-order valence-corrected chi connectivity index (χ4v) is 2.52. The molecule has 0 unspecified atom stereocenters. The number of benzene rings is 2. The maximum Gasteiger partial charge on any atom is 0.338 e. The van der Waals surface area contributed by atoms with E-state index in [0.717, 1.165) is 16.9 Å². The van der Waals surface area contributed by atoms with Crippen molar-refractivity contribution in [2.75, 3.05) is 17.2 Å². The van der Waals surface area contributed by atoms with Crippen molar-refractivity contribution in [1.82, 2.24) is 9.97 Å². The summed E-state index contributed by atoms with van der Waals surface area (Å²) in [4.78, 5) is 20.4. The van der Waals surface area contributed by atoms with Gasteiger partial charge in [0.25, 0.3) is 0 Å². The van der Waals surface area contributed by atoms with Gasteiger partial charge in [-0.05, 0) is 61.9 Å². The molecule has 0 saturated carbocycles. The monoisotopic (exact) mass is 382 g/mol. The molecule has 0 fully saturated rings. The van der Waals surface area contributed by atoms with Crippen LogP contribution in [0.15, 0.2) is 54.7 Å². The topological polar surface area (TPSA) is 76.1 Å². The highest BCUT2D eigenvalue weighted by atomic mass is 35.5. The van der Waals surface area contributed by atoms with E-state index in [4.69, 9.17) is 16.3 Å². The summed E-state index contributed by atoms with van der Waals surface area (Å²) in [6.07, 6.45) is 1.65. The SMILES string of the molecule is CCOC(=O)c1ccc(Nc2ccnc(Nc3ccc(C)c(Cl)c3)n2)cc1. The first-order valence-electron chi connectivity index (χ1n) is 8.45. The molecular weight excluding hydrogens is 364 g/mol. The fourth-order valence-electron chi connectivity index (χ4n) is 2.34. The zero-order valence-corrected chi connectivity index (χ0v) is 15.7. The van der Waals surface area contributed by atoms with Crippen LogP contribution in [-0.2, 0) is 4.74 Å².